The summed E-state index contributed by atoms with van der Waals surface area (Å²) in [6.45, 7) is 9.15. The molecule has 4 nitrogen and oxygen atoms in total. The van der Waals surface area contributed by atoms with E-state index in [0.717, 1.165) is 29.8 Å². The van der Waals surface area contributed by atoms with Gasteiger partial charge in [-0.1, -0.05) is 25.1 Å². The number of nitrogens with one attached hydrogen (secondary N) is 1. The Labute approximate surface area is 121 Å². The molecule has 0 saturated heterocycles. The van der Waals surface area contributed by atoms with Crippen LogP contribution in [-0.4, -0.2) is 24.6 Å². The summed E-state index contributed by atoms with van der Waals surface area (Å²) < 4.78 is 5.85. The molecule has 0 aliphatic carbocycles. The fraction of sp³-hybridized carbons (Fsp3) is 0.562. The number of para-hydroxylation sites is 1. The van der Waals surface area contributed by atoms with Gasteiger partial charge in [-0.3, -0.25) is 4.79 Å². The van der Waals surface area contributed by atoms with Crippen LogP contribution in [0.2, 0.25) is 0 Å². The van der Waals surface area contributed by atoms with Crippen molar-refractivity contribution in [2.45, 2.75) is 46.1 Å². The van der Waals surface area contributed by atoms with Gasteiger partial charge in [-0.05, 0) is 44.9 Å². The Morgan fingerprint density at radius 2 is 1.95 bits per heavy atom. The molecule has 20 heavy (non-hydrogen) atoms. The van der Waals surface area contributed by atoms with Gasteiger partial charge in [0.25, 0.3) is 0 Å². The zero-order valence-electron chi connectivity index (χ0n) is 13.0. The number of carbonyl (C=O) groups is 1. The van der Waals surface area contributed by atoms with E-state index in [4.69, 9.17) is 10.5 Å². The normalized spacial score (nSPS) is 13.8. The summed E-state index contributed by atoms with van der Waals surface area (Å²) in [5.74, 6) is 0.561. The fourth-order valence-electron chi connectivity index (χ4n) is 2.08. The molecule has 1 unspecified atom stereocenters. The van der Waals surface area contributed by atoms with Gasteiger partial charge in [0.05, 0.1) is 12.1 Å². The van der Waals surface area contributed by atoms with Crippen LogP contribution in [0.25, 0.3) is 0 Å². The summed E-state index contributed by atoms with van der Waals surface area (Å²) in [7, 11) is 0. The van der Waals surface area contributed by atoms with E-state index in [2.05, 4.69) is 12.2 Å². The number of benzene rings is 1. The number of amides is 1. The monoisotopic (exact) mass is 278 g/mol. The number of nitrogens with two attached hydrogens (primary N) is 1. The zero-order valence-corrected chi connectivity index (χ0v) is 13.0. The van der Waals surface area contributed by atoms with Gasteiger partial charge in [0.1, 0.15) is 5.75 Å². The lowest BCUT2D eigenvalue weighted by molar-refractivity contribution is -0.124. The largest absolute Gasteiger partial charge is 0.493 e. The number of primary amides is 1. The molecule has 0 spiro atoms. The first kappa shape index (κ1) is 16.5. The third-order valence-corrected chi connectivity index (χ3v) is 3.57. The lowest BCUT2D eigenvalue weighted by Gasteiger charge is -2.27. The van der Waals surface area contributed by atoms with Crippen molar-refractivity contribution in [1.82, 2.24) is 5.32 Å². The number of carbonyl (C=O) groups excluding carboxylic acids is 1. The number of rotatable bonds is 8. The zero-order chi connectivity index (χ0) is 15.2. The fourth-order valence-corrected chi connectivity index (χ4v) is 2.08. The highest BCUT2D eigenvalue weighted by Crippen LogP contribution is 2.23. The van der Waals surface area contributed by atoms with Crippen LogP contribution in [0.4, 0.5) is 0 Å². The van der Waals surface area contributed by atoms with E-state index in [1.807, 2.05) is 39.0 Å². The van der Waals surface area contributed by atoms with Crippen molar-refractivity contribution >= 4 is 5.91 Å². The van der Waals surface area contributed by atoms with E-state index >= 15 is 0 Å². The molecule has 112 valence electrons. The molecule has 1 rings (SSSR count). The molecule has 0 bridgehead atoms. The molecule has 0 aliphatic rings. The highest BCUT2D eigenvalue weighted by atomic mass is 16.5. The second kappa shape index (κ2) is 7.29. The molecule has 1 aromatic carbocycles. The predicted octanol–water partition coefficient (Wildman–Crippen LogP) is 2.32. The number of ether oxygens (including phenoxy) is 1. The van der Waals surface area contributed by atoms with Gasteiger partial charge < -0.3 is 15.8 Å². The van der Waals surface area contributed by atoms with Gasteiger partial charge in [0.15, 0.2) is 0 Å². The molecule has 0 fully saturated rings. The Kier molecular flexibility index (Phi) is 6.02. The summed E-state index contributed by atoms with van der Waals surface area (Å²) in [5.41, 5.74) is 6.99. The first-order valence-corrected chi connectivity index (χ1v) is 7.14. The smallest absolute Gasteiger partial charge is 0.237 e. The molecule has 0 saturated carbocycles. The lowest BCUT2D eigenvalue weighted by atomic mass is 9.97. The van der Waals surface area contributed by atoms with Crippen LogP contribution in [0, 0.1) is 13.8 Å². The summed E-state index contributed by atoms with van der Waals surface area (Å²) >= 11 is 0. The van der Waals surface area contributed by atoms with Gasteiger partial charge >= 0.3 is 0 Å². The second-order valence-corrected chi connectivity index (χ2v) is 5.44. The standard InChI is InChI=1S/C16H26N2O2/c1-5-10-18-16(4,15(17)19)9-11-20-14-12(2)7-6-8-13(14)3/h6-8,18H,5,9-11H2,1-4H3,(H2,17,19). The van der Waals surface area contributed by atoms with Gasteiger partial charge in [0, 0.05) is 6.42 Å². The molecule has 3 N–H and O–H groups in total. The highest BCUT2D eigenvalue weighted by molar-refractivity contribution is 5.84. The maximum absolute atomic E-state index is 11.6. The number of hydrogen-bond donors (Lipinski definition) is 2. The highest BCUT2D eigenvalue weighted by Gasteiger charge is 2.30. The molecule has 1 aromatic rings. The molecule has 1 amide bonds. The van der Waals surface area contributed by atoms with Crippen LogP contribution in [0.3, 0.4) is 0 Å². The first-order valence-electron chi connectivity index (χ1n) is 7.14. The van der Waals surface area contributed by atoms with Crippen LogP contribution in [0.5, 0.6) is 5.75 Å². The van der Waals surface area contributed by atoms with E-state index in [1.165, 1.54) is 0 Å². The van der Waals surface area contributed by atoms with Crippen LogP contribution in [0.15, 0.2) is 18.2 Å². The van der Waals surface area contributed by atoms with E-state index < -0.39 is 5.54 Å². The minimum absolute atomic E-state index is 0.337. The second-order valence-electron chi connectivity index (χ2n) is 5.44. The maximum Gasteiger partial charge on any atom is 0.237 e. The minimum atomic E-state index is -0.716. The SMILES string of the molecule is CCCNC(C)(CCOc1c(C)cccc1C)C(N)=O. The molecular formula is C16H26N2O2. The first-order chi connectivity index (χ1) is 9.40. The topological polar surface area (TPSA) is 64.3 Å². The Morgan fingerprint density at radius 1 is 1.35 bits per heavy atom. The predicted molar refractivity (Wildman–Crippen MR) is 81.9 cm³/mol. The lowest BCUT2D eigenvalue weighted by Crippen LogP contribution is -2.54. The molecule has 0 heterocycles. The van der Waals surface area contributed by atoms with Gasteiger partial charge in [-0.15, -0.1) is 0 Å². The van der Waals surface area contributed by atoms with Crippen LogP contribution in [0.1, 0.15) is 37.8 Å². The van der Waals surface area contributed by atoms with Crippen LogP contribution >= 0.6 is 0 Å². The molecule has 0 radical (unpaired) electrons. The Balaban J connectivity index is 2.63. The quantitative estimate of drug-likeness (QED) is 0.767. The Morgan fingerprint density at radius 3 is 2.45 bits per heavy atom. The molecular weight excluding hydrogens is 252 g/mol. The summed E-state index contributed by atoms with van der Waals surface area (Å²) in [4.78, 5) is 11.6. The van der Waals surface area contributed by atoms with Gasteiger partial charge in [-0.25, -0.2) is 0 Å². The van der Waals surface area contributed by atoms with E-state index in [9.17, 15) is 4.79 Å². The van der Waals surface area contributed by atoms with Crippen molar-refractivity contribution in [3.05, 3.63) is 29.3 Å². The summed E-state index contributed by atoms with van der Waals surface area (Å²) in [6.07, 6.45) is 1.51. The summed E-state index contributed by atoms with van der Waals surface area (Å²) in [5, 5.41) is 3.21. The average Bonchev–Trinajstić information content (AvgIpc) is 2.39. The Bertz CT molecular complexity index is 440. The van der Waals surface area contributed by atoms with Gasteiger partial charge in [0.2, 0.25) is 5.91 Å². The average molecular weight is 278 g/mol. The number of hydrogen-bond acceptors (Lipinski definition) is 3. The van der Waals surface area contributed by atoms with E-state index in [1.54, 1.807) is 0 Å². The third kappa shape index (κ3) is 4.23. The van der Waals surface area contributed by atoms with Crippen molar-refractivity contribution in [2.75, 3.05) is 13.2 Å². The molecule has 0 aliphatic heterocycles. The molecule has 1 atom stereocenters. The number of aryl methyl sites for hydroxylation is 2. The van der Waals surface area contributed by atoms with Gasteiger partial charge in [-0.2, -0.15) is 0 Å². The summed E-state index contributed by atoms with van der Waals surface area (Å²) in [6, 6.07) is 6.05. The van der Waals surface area contributed by atoms with E-state index in [-0.39, 0.29) is 5.91 Å². The van der Waals surface area contributed by atoms with Crippen molar-refractivity contribution in [2.24, 2.45) is 5.73 Å². The van der Waals surface area contributed by atoms with E-state index in [0.29, 0.717) is 13.0 Å². The van der Waals surface area contributed by atoms with Crippen molar-refractivity contribution in [3.63, 3.8) is 0 Å². The maximum atomic E-state index is 11.6. The third-order valence-electron chi connectivity index (χ3n) is 3.57. The van der Waals surface area contributed by atoms with Crippen LogP contribution < -0.4 is 15.8 Å². The van der Waals surface area contributed by atoms with Crippen LogP contribution in [-0.2, 0) is 4.79 Å². The molecule has 0 aromatic heterocycles. The van der Waals surface area contributed by atoms with Crippen molar-refractivity contribution in [1.29, 1.82) is 0 Å². The van der Waals surface area contributed by atoms with Crippen molar-refractivity contribution in [3.8, 4) is 5.75 Å². The Hall–Kier alpha value is -1.55. The minimum Gasteiger partial charge on any atom is -0.493 e. The molecule has 4 heteroatoms. The van der Waals surface area contributed by atoms with Crippen molar-refractivity contribution < 1.29 is 9.53 Å².